The van der Waals surface area contributed by atoms with Crippen LogP contribution in [0.25, 0.3) is 22.1 Å². The Morgan fingerprint density at radius 1 is 0.767 bits per heavy atom. The highest BCUT2D eigenvalue weighted by Crippen LogP contribution is 2.47. The number of piperidine rings is 1. The highest BCUT2D eigenvalue weighted by molar-refractivity contribution is 9.15. The van der Waals surface area contributed by atoms with Crippen molar-refractivity contribution in [3.05, 3.63) is 49.6 Å². The van der Waals surface area contributed by atoms with Crippen LogP contribution in [0.5, 0.6) is 0 Å². The van der Waals surface area contributed by atoms with Crippen LogP contribution in [-0.4, -0.2) is 44.1 Å². The van der Waals surface area contributed by atoms with Gasteiger partial charge in [0.15, 0.2) is 11.6 Å². The van der Waals surface area contributed by atoms with Gasteiger partial charge < -0.3 is 19.8 Å². The van der Waals surface area contributed by atoms with Gasteiger partial charge in [-0.15, -0.1) is 0 Å². The molecule has 43 heavy (non-hydrogen) atoms. The van der Waals surface area contributed by atoms with Crippen molar-refractivity contribution in [2.24, 2.45) is 0 Å². The number of hydrogen-bond acceptors (Lipinski definition) is 4. The number of amides is 1. The third kappa shape index (κ3) is 6.17. The minimum Gasteiger partial charge on any atom is -0.347 e. The molecule has 0 aliphatic carbocycles. The summed E-state index contributed by atoms with van der Waals surface area (Å²) in [4.78, 5) is 22.0. The van der Waals surface area contributed by atoms with E-state index in [0.717, 1.165) is 114 Å². The first-order chi connectivity index (χ1) is 20.4. The lowest BCUT2D eigenvalue weighted by atomic mass is 10.0. The van der Waals surface area contributed by atoms with E-state index < -0.39 is 3.79 Å². The molecule has 7 nitrogen and oxygen atoms in total. The number of benzene rings is 2. The summed E-state index contributed by atoms with van der Waals surface area (Å²) in [5, 5.41) is 6.48. The second kappa shape index (κ2) is 13.2. The van der Waals surface area contributed by atoms with Crippen LogP contribution in [0, 0.1) is 0 Å². The van der Waals surface area contributed by atoms with E-state index in [1.807, 2.05) is 4.57 Å². The van der Waals surface area contributed by atoms with Crippen LogP contribution in [0.15, 0.2) is 26.8 Å². The molecule has 3 aliphatic rings. The molecule has 5 heterocycles. The minimum absolute atomic E-state index is 0.0647. The zero-order chi connectivity index (χ0) is 30.8. The van der Waals surface area contributed by atoms with Gasteiger partial charge in [-0.05, 0) is 158 Å². The van der Waals surface area contributed by atoms with Crippen molar-refractivity contribution in [1.82, 2.24) is 29.7 Å². The molecule has 2 aromatic heterocycles. The van der Waals surface area contributed by atoms with Gasteiger partial charge in [0.05, 0.1) is 20.0 Å². The molecular weight excluding hydrogens is 1010 g/mol. The number of rotatable bonds is 2. The van der Waals surface area contributed by atoms with Crippen molar-refractivity contribution >= 4 is 158 Å². The van der Waals surface area contributed by atoms with Gasteiger partial charge >= 0.3 is 0 Å². The Morgan fingerprint density at radius 3 is 1.84 bits per heavy atom. The minimum atomic E-state index is -1.52. The van der Waals surface area contributed by atoms with Gasteiger partial charge in [-0.2, -0.15) is 0 Å². The second-order valence-corrected chi connectivity index (χ2v) is 17.7. The monoisotopic (exact) mass is 1030 g/mol. The quantitative estimate of drug-likeness (QED) is 0.155. The van der Waals surface area contributed by atoms with E-state index in [1.165, 1.54) is 11.1 Å². The van der Waals surface area contributed by atoms with Gasteiger partial charge in [0.25, 0.3) is 5.91 Å². The Morgan fingerprint density at radius 2 is 1.28 bits per heavy atom. The van der Waals surface area contributed by atoms with Gasteiger partial charge in [-0.3, -0.25) is 4.79 Å². The number of imidazole rings is 2. The SMILES string of the molecule is ClC(Cl)(Cl)c1nc2c(Br)c(Br)c(Br)c3c2n1CCC3.O=C(NC1CCNCC1)c1nc2c(Br)c(Br)c(Br)c3c2n1CCC3. The number of nitrogens with one attached hydrogen (secondary N) is 2. The fourth-order valence-corrected chi connectivity index (χ4v) is 9.96. The third-order valence-electron chi connectivity index (χ3n) is 7.97. The van der Waals surface area contributed by atoms with Crippen molar-refractivity contribution < 1.29 is 4.79 Å². The number of carbonyl (C=O) groups is 1. The molecule has 2 aromatic carbocycles. The van der Waals surface area contributed by atoms with Gasteiger partial charge in [0.2, 0.25) is 3.79 Å². The number of nitrogens with zero attached hydrogens (tertiary/aromatic N) is 4. The molecule has 0 spiro atoms. The summed E-state index contributed by atoms with van der Waals surface area (Å²) < 4.78 is 8.30. The maximum absolute atomic E-state index is 12.8. The van der Waals surface area contributed by atoms with E-state index in [1.54, 1.807) is 0 Å². The topological polar surface area (TPSA) is 76.8 Å². The molecule has 1 fully saturated rings. The standard InChI is InChI=1S/C16H17Br3N4O.C11H6Br3Cl3N2/c17-10-9-2-1-7-23-14(9)13(12(19)11(10)18)22-15(23)16(24)21-8-3-5-20-6-4-8;12-5-4-2-1-3-19-9(4)8(7(14)6(5)13)18-10(19)11(15,16)17/h8,20H,1-7H2,(H,21,24);1-3H2. The predicted molar refractivity (Wildman–Crippen MR) is 195 cm³/mol. The number of halogens is 9. The molecule has 4 aromatic rings. The number of aromatic nitrogens is 4. The maximum Gasteiger partial charge on any atom is 0.287 e. The fourth-order valence-electron chi connectivity index (χ4n) is 6.02. The lowest BCUT2D eigenvalue weighted by Crippen LogP contribution is -2.43. The zero-order valence-corrected chi connectivity index (χ0v) is 34.0. The van der Waals surface area contributed by atoms with Gasteiger partial charge in [-0.1, -0.05) is 34.8 Å². The van der Waals surface area contributed by atoms with E-state index in [9.17, 15) is 4.79 Å². The van der Waals surface area contributed by atoms with Crippen LogP contribution in [-0.2, 0) is 29.7 Å². The molecule has 2 N–H and O–H groups in total. The molecule has 7 rings (SSSR count). The lowest BCUT2D eigenvalue weighted by molar-refractivity contribution is 0.0914. The third-order valence-corrected chi connectivity index (χ3v) is 15.5. The molecule has 0 bridgehead atoms. The van der Waals surface area contributed by atoms with Crippen LogP contribution in [0.4, 0.5) is 0 Å². The van der Waals surface area contributed by atoms with Gasteiger partial charge in [0, 0.05) is 37.0 Å². The number of alkyl halides is 3. The van der Waals surface area contributed by atoms with E-state index in [0.29, 0.717) is 11.6 Å². The van der Waals surface area contributed by atoms with Gasteiger partial charge in [0.1, 0.15) is 11.0 Å². The first-order valence-corrected chi connectivity index (χ1v) is 19.5. The Balaban J connectivity index is 0.000000157. The Bertz CT molecular complexity index is 1780. The Hall–Kier alpha value is 0.560. The number of carbonyl (C=O) groups excluding carboxylic acids is 1. The molecule has 0 atom stereocenters. The highest BCUT2D eigenvalue weighted by Gasteiger charge is 2.34. The second-order valence-electron chi connectivity index (χ2n) is 10.6. The van der Waals surface area contributed by atoms with E-state index in [2.05, 4.69) is 121 Å². The summed E-state index contributed by atoms with van der Waals surface area (Å²) in [5.41, 5.74) is 6.21. The van der Waals surface area contributed by atoms with Gasteiger partial charge in [-0.25, -0.2) is 9.97 Å². The molecule has 230 valence electrons. The van der Waals surface area contributed by atoms with Crippen LogP contribution in [0.3, 0.4) is 0 Å². The largest absolute Gasteiger partial charge is 0.347 e. The van der Waals surface area contributed by atoms with Crippen LogP contribution in [0.2, 0.25) is 0 Å². The summed E-state index contributed by atoms with van der Waals surface area (Å²) in [7, 11) is 0. The first-order valence-electron chi connectivity index (χ1n) is 13.6. The molecule has 0 radical (unpaired) electrons. The molecule has 1 amide bonds. The van der Waals surface area contributed by atoms with E-state index in [-0.39, 0.29) is 11.9 Å². The highest BCUT2D eigenvalue weighted by atomic mass is 79.9. The smallest absolute Gasteiger partial charge is 0.287 e. The van der Waals surface area contributed by atoms with E-state index >= 15 is 0 Å². The zero-order valence-electron chi connectivity index (χ0n) is 22.2. The molecule has 1 saturated heterocycles. The van der Waals surface area contributed by atoms with Crippen molar-refractivity contribution in [2.75, 3.05) is 13.1 Å². The fraction of sp³-hybridized carbons (Fsp3) is 0.444. The van der Waals surface area contributed by atoms with Crippen LogP contribution < -0.4 is 10.6 Å². The summed E-state index contributed by atoms with van der Waals surface area (Å²) >= 11 is 39.7. The maximum atomic E-state index is 12.8. The van der Waals surface area contributed by atoms with Crippen molar-refractivity contribution in [1.29, 1.82) is 0 Å². The first kappa shape index (κ1) is 33.5. The number of aryl methyl sites for hydroxylation is 4. The molecule has 16 heteroatoms. The summed E-state index contributed by atoms with van der Waals surface area (Å²) in [6.45, 7) is 3.56. The molecule has 0 saturated carbocycles. The van der Waals surface area contributed by atoms with E-state index in [4.69, 9.17) is 34.8 Å². The lowest BCUT2D eigenvalue weighted by Gasteiger charge is -2.24. The predicted octanol–water partition coefficient (Wildman–Crippen LogP) is 9.85. The Labute approximate surface area is 313 Å². The molecule has 0 unspecified atom stereocenters. The van der Waals surface area contributed by atoms with Crippen molar-refractivity contribution in [2.45, 2.75) is 61.4 Å². The molecule has 3 aliphatic heterocycles. The average Bonchev–Trinajstić information content (AvgIpc) is 3.58. The van der Waals surface area contributed by atoms with Crippen molar-refractivity contribution in [3.8, 4) is 0 Å². The van der Waals surface area contributed by atoms with Crippen LogP contribution >= 0.6 is 130 Å². The van der Waals surface area contributed by atoms with Crippen LogP contribution in [0.1, 0.15) is 53.3 Å². The number of hydrogen-bond donors (Lipinski definition) is 2. The summed E-state index contributed by atoms with van der Waals surface area (Å²) in [6.07, 6.45) is 5.92. The molecular formula is C27H23Br6Cl3N6O. The normalized spacial score (nSPS) is 16.9. The summed E-state index contributed by atoms with van der Waals surface area (Å²) in [6, 6.07) is 0.233. The van der Waals surface area contributed by atoms with Crippen molar-refractivity contribution in [3.63, 3.8) is 0 Å². The summed E-state index contributed by atoms with van der Waals surface area (Å²) in [5.74, 6) is 0.930. The average molecular weight is 1030 g/mol. The Kier molecular flexibility index (Phi) is 10.3.